The first-order chi connectivity index (χ1) is 12.2. The van der Waals surface area contributed by atoms with Crippen molar-refractivity contribution in [3.05, 3.63) is 76.4 Å². The molecule has 2 N–H and O–H groups in total. The largest absolute Gasteiger partial charge is 0.485 e. The maximum atomic E-state index is 6.19. The molecule has 4 rings (SSSR count). The van der Waals surface area contributed by atoms with Crippen LogP contribution in [0.25, 0.3) is 0 Å². The molecular formula is C20H17BrN2O2. The first-order valence-electron chi connectivity index (χ1n) is 8.12. The van der Waals surface area contributed by atoms with Crippen LogP contribution in [0.1, 0.15) is 23.7 Å². The molecule has 2 aromatic carbocycles. The van der Waals surface area contributed by atoms with Crippen molar-refractivity contribution >= 4 is 21.6 Å². The summed E-state index contributed by atoms with van der Waals surface area (Å²) in [5.74, 6) is 2.19. The average Bonchev–Trinajstić information content (AvgIpc) is 2.63. The van der Waals surface area contributed by atoms with Crippen molar-refractivity contribution in [1.82, 2.24) is 4.98 Å². The molecule has 0 fully saturated rings. The number of anilines is 1. The van der Waals surface area contributed by atoms with Crippen LogP contribution in [-0.4, -0.2) is 4.98 Å². The Hall–Kier alpha value is -2.53. The maximum absolute atomic E-state index is 6.19. The van der Waals surface area contributed by atoms with Crippen molar-refractivity contribution in [1.29, 1.82) is 0 Å². The van der Waals surface area contributed by atoms with E-state index in [2.05, 4.69) is 33.0 Å². The van der Waals surface area contributed by atoms with Gasteiger partial charge in [-0.1, -0.05) is 28.1 Å². The number of pyridine rings is 1. The smallest absolute Gasteiger partial charge is 0.219 e. The summed E-state index contributed by atoms with van der Waals surface area (Å²) in [5, 5.41) is 0. The lowest BCUT2D eigenvalue weighted by Gasteiger charge is -2.27. The van der Waals surface area contributed by atoms with Crippen molar-refractivity contribution in [2.45, 2.75) is 18.9 Å². The lowest BCUT2D eigenvalue weighted by atomic mass is 9.97. The predicted octanol–water partition coefficient (Wildman–Crippen LogP) is 5.28. The topological polar surface area (TPSA) is 57.4 Å². The summed E-state index contributed by atoms with van der Waals surface area (Å²) >= 11 is 3.52. The van der Waals surface area contributed by atoms with Crippen LogP contribution in [0.3, 0.4) is 0 Å². The van der Waals surface area contributed by atoms with Crippen LogP contribution in [-0.2, 0) is 6.42 Å². The van der Waals surface area contributed by atoms with Gasteiger partial charge in [-0.25, -0.2) is 4.98 Å². The number of aryl methyl sites for hydroxylation is 1. The molecule has 1 aliphatic heterocycles. The van der Waals surface area contributed by atoms with Crippen LogP contribution in [0, 0.1) is 0 Å². The van der Waals surface area contributed by atoms with Gasteiger partial charge < -0.3 is 15.2 Å². The minimum atomic E-state index is 0.0792. The summed E-state index contributed by atoms with van der Waals surface area (Å²) < 4.78 is 13.1. The van der Waals surface area contributed by atoms with E-state index in [0.717, 1.165) is 34.4 Å². The van der Waals surface area contributed by atoms with E-state index in [9.17, 15) is 0 Å². The van der Waals surface area contributed by atoms with Crippen molar-refractivity contribution in [2.24, 2.45) is 0 Å². The number of rotatable bonds is 3. The molecule has 0 spiro atoms. The molecule has 1 aliphatic rings. The Kier molecular flexibility index (Phi) is 4.32. The fraction of sp³-hybridized carbons (Fsp3) is 0.150. The Morgan fingerprint density at radius 1 is 1.12 bits per heavy atom. The zero-order valence-corrected chi connectivity index (χ0v) is 15.1. The molecule has 1 aromatic heterocycles. The minimum Gasteiger partial charge on any atom is -0.485 e. The van der Waals surface area contributed by atoms with Crippen LogP contribution in [0.2, 0.25) is 0 Å². The predicted molar refractivity (Wildman–Crippen MR) is 101 cm³/mol. The molecule has 5 heteroatoms. The second-order valence-electron chi connectivity index (χ2n) is 6.00. The number of halogens is 1. The Morgan fingerprint density at radius 2 is 2.04 bits per heavy atom. The number of hydrogen-bond acceptors (Lipinski definition) is 4. The van der Waals surface area contributed by atoms with Gasteiger partial charge in [0.25, 0.3) is 0 Å². The third kappa shape index (κ3) is 3.61. The average molecular weight is 397 g/mol. The number of nitrogen functional groups attached to an aromatic ring is 1. The van der Waals surface area contributed by atoms with E-state index in [1.165, 1.54) is 5.56 Å². The van der Waals surface area contributed by atoms with Gasteiger partial charge in [0, 0.05) is 10.5 Å². The van der Waals surface area contributed by atoms with Gasteiger partial charge in [0.05, 0.1) is 11.9 Å². The van der Waals surface area contributed by atoms with Crippen molar-refractivity contribution in [3.63, 3.8) is 0 Å². The van der Waals surface area contributed by atoms with E-state index in [4.69, 9.17) is 15.2 Å². The van der Waals surface area contributed by atoms with Crippen molar-refractivity contribution in [3.8, 4) is 17.4 Å². The quantitative estimate of drug-likeness (QED) is 0.653. The number of nitrogens with two attached hydrogens (primary N) is 1. The van der Waals surface area contributed by atoms with Gasteiger partial charge in [-0.3, -0.25) is 0 Å². The van der Waals surface area contributed by atoms with Crippen LogP contribution < -0.4 is 15.2 Å². The fourth-order valence-corrected chi connectivity index (χ4v) is 3.36. The minimum absolute atomic E-state index is 0.0792. The van der Waals surface area contributed by atoms with Gasteiger partial charge in [-0.15, -0.1) is 0 Å². The molecule has 0 saturated heterocycles. The van der Waals surface area contributed by atoms with Gasteiger partial charge in [-0.05, 0) is 60.4 Å². The SMILES string of the molecule is Nc1ccc(Oc2ccc3c(c2)CCC(c2cccc(Br)c2)O3)nc1. The second kappa shape index (κ2) is 6.76. The third-order valence-corrected chi connectivity index (χ3v) is 4.67. The maximum Gasteiger partial charge on any atom is 0.219 e. The van der Waals surface area contributed by atoms with E-state index < -0.39 is 0 Å². The lowest BCUT2D eigenvalue weighted by molar-refractivity contribution is 0.176. The number of fused-ring (bicyclic) bond motifs is 1. The van der Waals surface area contributed by atoms with E-state index in [1.807, 2.05) is 30.3 Å². The van der Waals surface area contributed by atoms with Gasteiger partial charge in [0.15, 0.2) is 0 Å². The zero-order valence-electron chi connectivity index (χ0n) is 13.5. The molecule has 0 amide bonds. The molecule has 126 valence electrons. The lowest BCUT2D eigenvalue weighted by Crippen LogP contribution is -2.15. The normalized spacial score (nSPS) is 16.0. The van der Waals surface area contributed by atoms with E-state index in [1.54, 1.807) is 18.3 Å². The van der Waals surface area contributed by atoms with E-state index >= 15 is 0 Å². The molecule has 0 saturated carbocycles. The molecular weight excluding hydrogens is 380 g/mol. The Balaban J connectivity index is 1.52. The molecule has 3 aromatic rings. The third-order valence-electron chi connectivity index (χ3n) is 4.18. The molecule has 0 aliphatic carbocycles. The Bertz CT molecular complexity index is 896. The highest BCUT2D eigenvalue weighted by atomic mass is 79.9. The molecule has 0 radical (unpaired) electrons. The van der Waals surface area contributed by atoms with Crippen LogP contribution in [0.15, 0.2) is 65.3 Å². The number of benzene rings is 2. The Morgan fingerprint density at radius 3 is 2.84 bits per heavy atom. The van der Waals surface area contributed by atoms with Crippen LogP contribution >= 0.6 is 15.9 Å². The summed E-state index contributed by atoms with van der Waals surface area (Å²) in [4.78, 5) is 4.16. The highest BCUT2D eigenvalue weighted by molar-refractivity contribution is 9.10. The van der Waals surface area contributed by atoms with Crippen LogP contribution in [0.5, 0.6) is 17.4 Å². The highest BCUT2D eigenvalue weighted by Crippen LogP contribution is 2.37. The standard InChI is InChI=1S/C20H17BrN2O2/c21-15-3-1-2-13(10-15)18-7-4-14-11-17(6-8-19(14)25-18)24-20-9-5-16(22)12-23-20/h1-3,5-6,8-12,18H,4,7,22H2. The van der Waals surface area contributed by atoms with Crippen molar-refractivity contribution < 1.29 is 9.47 Å². The summed E-state index contributed by atoms with van der Waals surface area (Å²) in [6.45, 7) is 0. The number of ether oxygens (including phenoxy) is 2. The Labute approximate surface area is 154 Å². The summed E-state index contributed by atoms with van der Waals surface area (Å²) in [6, 6.07) is 17.7. The molecule has 0 bridgehead atoms. The zero-order chi connectivity index (χ0) is 17.2. The van der Waals surface area contributed by atoms with Crippen LogP contribution in [0.4, 0.5) is 5.69 Å². The molecule has 1 unspecified atom stereocenters. The van der Waals surface area contributed by atoms with Gasteiger partial charge in [-0.2, -0.15) is 0 Å². The monoisotopic (exact) mass is 396 g/mol. The molecule has 2 heterocycles. The van der Waals surface area contributed by atoms with Gasteiger partial charge in [0.1, 0.15) is 17.6 Å². The van der Waals surface area contributed by atoms with E-state index in [0.29, 0.717) is 11.6 Å². The number of aromatic nitrogens is 1. The fourth-order valence-electron chi connectivity index (χ4n) is 2.94. The molecule has 1 atom stereocenters. The first kappa shape index (κ1) is 16.0. The second-order valence-corrected chi connectivity index (χ2v) is 6.92. The number of hydrogen-bond donors (Lipinski definition) is 1. The van der Waals surface area contributed by atoms with E-state index in [-0.39, 0.29) is 6.10 Å². The summed E-state index contributed by atoms with van der Waals surface area (Å²) in [7, 11) is 0. The highest BCUT2D eigenvalue weighted by Gasteiger charge is 2.22. The first-order valence-corrected chi connectivity index (χ1v) is 8.91. The molecule has 4 nitrogen and oxygen atoms in total. The summed E-state index contributed by atoms with van der Waals surface area (Å²) in [5.41, 5.74) is 8.60. The van der Waals surface area contributed by atoms with Crippen molar-refractivity contribution in [2.75, 3.05) is 5.73 Å². The summed E-state index contributed by atoms with van der Waals surface area (Å²) in [6.07, 6.45) is 3.54. The van der Waals surface area contributed by atoms with Gasteiger partial charge >= 0.3 is 0 Å². The molecule has 25 heavy (non-hydrogen) atoms. The van der Waals surface area contributed by atoms with Gasteiger partial charge in [0.2, 0.25) is 5.88 Å². The number of nitrogens with zero attached hydrogens (tertiary/aromatic N) is 1.